The Hall–Kier alpha value is -2.02. The molecule has 1 rings (SSSR count). The number of para-hydroxylation sites is 1. The summed E-state index contributed by atoms with van der Waals surface area (Å²) in [6.07, 6.45) is 10.3. The summed E-state index contributed by atoms with van der Waals surface area (Å²) in [5.41, 5.74) is 8.02. The van der Waals surface area contributed by atoms with Crippen molar-refractivity contribution < 1.29 is 9.29 Å². The highest BCUT2D eigenvalue weighted by atomic mass is 35.5. The maximum absolute atomic E-state index is 12.9. The van der Waals surface area contributed by atoms with Crippen molar-refractivity contribution in [3.8, 4) is 0 Å². The van der Waals surface area contributed by atoms with Gasteiger partial charge in [-0.3, -0.25) is 0 Å². The van der Waals surface area contributed by atoms with Crippen LogP contribution in [0.25, 0.3) is 6.08 Å². The maximum atomic E-state index is 12.9. The monoisotopic (exact) mass is 526 g/mol. The summed E-state index contributed by atoms with van der Waals surface area (Å²) in [6, 6.07) is 7.39. The predicted octanol–water partition coefficient (Wildman–Crippen LogP) is 7.95. The third kappa shape index (κ3) is 8.69. The standard InChI is InChI=1S/C25H29Cl3N2O2S/c1-7-12-20(16-19-13-10-11-14-23(19)29)32-25(18(5)26)22(28)15-17(4)30(6)33(31)24(9-3)21(27)8-2/h7-16H,5,29H2,1-4,6H3/b12-7+,17-15+,20-16+,21-8+,24-9+,25-22-. The number of halogens is 3. The van der Waals surface area contributed by atoms with Crippen LogP contribution in [-0.2, 0) is 16.1 Å². The largest absolute Gasteiger partial charge is 0.588 e. The first-order chi connectivity index (χ1) is 15.6. The Labute approximate surface area is 215 Å². The van der Waals surface area contributed by atoms with Crippen LogP contribution in [0.1, 0.15) is 33.3 Å². The van der Waals surface area contributed by atoms with E-state index >= 15 is 0 Å². The van der Waals surface area contributed by atoms with Crippen molar-refractivity contribution in [2.24, 2.45) is 0 Å². The predicted molar refractivity (Wildman–Crippen MR) is 146 cm³/mol. The van der Waals surface area contributed by atoms with Gasteiger partial charge in [0.05, 0.1) is 27.8 Å². The van der Waals surface area contributed by atoms with Crippen LogP contribution in [0.15, 0.2) is 98.4 Å². The number of ether oxygens (including phenoxy) is 1. The van der Waals surface area contributed by atoms with Crippen LogP contribution in [-0.4, -0.2) is 15.9 Å². The molecular weight excluding hydrogens is 499 g/mol. The van der Waals surface area contributed by atoms with E-state index in [4.69, 9.17) is 45.3 Å². The molecule has 0 aromatic heterocycles. The van der Waals surface area contributed by atoms with Gasteiger partial charge < -0.3 is 15.0 Å². The van der Waals surface area contributed by atoms with Crippen LogP contribution in [0, 0.1) is 0 Å². The topological polar surface area (TPSA) is 61.5 Å². The summed E-state index contributed by atoms with van der Waals surface area (Å²) < 4.78 is 20.5. The Kier molecular flexibility index (Phi) is 12.6. The van der Waals surface area contributed by atoms with E-state index < -0.39 is 11.4 Å². The molecular formula is C25H29Cl3N2O2S. The minimum absolute atomic E-state index is 0.107. The molecule has 178 valence electrons. The molecule has 33 heavy (non-hydrogen) atoms. The zero-order chi connectivity index (χ0) is 25.1. The summed E-state index contributed by atoms with van der Waals surface area (Å²) in [4.78, 5) is 0.492. The molecule has 0 saturated carbocycles. The van der Waals surface area contributed by atoms with Gasteiger partial charge in [0.2, 0.25) is 0 Å². The van der Waals surface area contributed by atoms with E-state index in [0.717, 1.165) is 5.56 Å². The Morgan fingerprint density at radius 3 is 2.30 bits per heavy atom. The summed E-state index contributed by atoms with van der Waals surface area (Å²) >= 11 is 17.4. The highest BCUT2D eigenvalue weighted by Crippen LogP contribution is 2.30. The molecule has 1 aromatic rings. The first-order valence-corrected chi connectivity index (χ1v) is 12.2. The normalized spacial score (nSPS) is 15.4. The molecule has 0 aliphatic rings. The Bertz CT molecular complexity index is 1040. The number of hydrogen-bond donors (Lipinski definition) is 1. The highest BCUT2D eigenvalue weighted by molar-refractivity contribution is 7.93. The summed E-state index contributed by atoms with van der Waals surface area (Å²) in [6.45, 7) is 10.9. The van der Waals surface area contributed by atoms with E-state index in [0.29, 0.717) is 27.1 Å². The number of anilines is 1. The molecule has 2 N–H and O–H groups in total. The van der Waals surface area contributed by atoms with Gasteiger partial charge in [-0.15, -0.1) is 0 Å². The highest BCUT2D eigenvalue weighted by Gasteiger charge is 2.24. The van der Waals surface area contributed by atoms with Crippen LogP contribution in [0.2, 0.25) is 0 Å². The minimum atomic E-state index is -1.53. The fraction of sp³-hybridized carbons (Fsp3) is 0.200. The first kappa shape index (κ1) is 29.0. The minimum Gasteiger partial charge on any atom is -0.588 e. The molecule has 0 heterocycles. The van der Waals surface area contributed by atoms with Gasteiger partial charge in [-0.2, -0.15) is 4.31 Å². The number of benzene rings is 1. The van der Waals surface area contributed by atoms with Gasteiger partial charge >= 0.3 is 0 Å². The van der Waals surface area contributed by atoms with Crippen molar-refractivity contribution in [1.82, 2.24) is 4.31 Å². The van der Waals surface area contributed by atoms with Gasteiger partial charge in [0.1, 0.15) is 17.1 Å². The Morgan fingerprint density at radius 1 is 1.15 bits per heavy atom. The zero-order valence-electron chi connectivity index (χ0n) is 19.4. The maximum Gasteiger partial charge on any atom is 0.194 e. The lowest BCUT2D eigenvalue weighted by molar-refractivity contribution is 0.336. The van der Waals surface area contributed by atoms with Crippen molar-refractivity contribution in [1.29, 1.82) is 0 Å². The second kappa shape index (κ2) is 14.3. The molecule has 0 fully saturated rings. The molecule has 0 bridgehead atoms. The van der Waals surface area contributed by atoms with Gasteiger partial charge in [0.25, 0.3) is 0 Å². The number of nitrogens with zero attached hydrogens (tertiary/aromatic N) is 1. The molecule has 0 aliphatic heterocycles. The second-order valence-electron chi connectivity index (χ2n) is 6.68. The smallest absolute Gasteiger partial charge is 0.194 e. The molecule has 0 amide bonds. The van der Waals surface area contributed by atoms with Gasteiger partial charge in [-0.05, 0) is 58.1 Å². The molecule has 0 saturated heterocycles. The van der Waals surface area contributed by atoms with E-state index in [2.05, 4.69) is 6.58 Å². The lowest BCUT2D eigenvalue weighted by Crippen LogP contribution is -2.26. The fourth-order valence-corrected chi connectivity index (χ4v) is 4.41. The molecule has 8 heteroatoms. The van der Waals surface area contributed by atoms with Crippen molar-refractivity contribution in [3.63, 3.8) is 0 Å². The van der Waals surface area contributed by atoms with E-state index in [-0.39, 0.29) is 15.8 Å². The van der Waals surface area contributed by atoms with E-state index in [1.807, 2.05) is 31.2 Å². The van der Waals surface area contributed by atoms with Crippen LogP contribution >= 0.6 is 34.8 Å². The quantitative estimate of drug-likeness (QED) is 0.145. The molecule has 1 unspecified atom stereocenters. The molecule has 4 nitrogen and oxygen atoms in total. The van der Waals surface area contributed by atoms with E-state index in [9.17, 15) is 4.55 Å². The average Bonchev–Trinajstić information content (AvgIpc) is 2.78. The lowest BCUT2D eigenvalue weighted by atomic mass is 10.1. The second-order valence-corrected chi connectivity index (χ2v) is 9.44. The van der Waals surface area contributed by atoms with Crippen LogP contribution in [0.5, 0.6) is 0 Å². The van der Waals surface area contributed by atoms with Gasteiger partial charge in [0, 0.05) is 11.3 Å². The van der Waals surface area contributed by atoms with Gasteiger partial charge in [-0.1, -0.05) is 71.7 Å². The Balaban J connectivity index is 3.35. The fourth-order valence-electron chi connectivity index (χ4n) is 2.51. The lowest BCUT2D eigenvalue weighted by Gasteiger charge is -2.23. The molecule has 1 atom stereocenters. The Morgan fingerprint density at radius 2 is 1.79 bits per heavy atom. The first-order valence-electron chi connectivity index (χ1n) is 10.0. The van der Waals surface area contributed by atoms with Crippen molar-refractivity contribution in [3.05, 3.63) is 104 Å². The molecule has 0 radical (unpaired) electrons. The SMILES string of the molecule is C=C(Cl)/C(OC(/C=C/C)=C/c1ccccc1N)=C(Cl)\C=C(/C)N(C)[S+]([O-])C(=C/C)/C(Cl)=C\C. The van der Waals surface area contributed by atoms with Crippen molar-refractivity contribution in [2.45, 2.75) is 27.7 Å². The summed E-state index contributed by atoms with van der Waals surface area (Å²) in [5.74, 6) is 0.623. The number of rotatable bonds is 10. The van der Waals surface area contributed by atoms with Crippen LogP contribution < -0.4 is 5.73 Å². The van der Waals surface area contributed by atoms with Crippen molar-refractivity contribution in [2.75, 3.05) is 12.8 Å². The van der Waals surface area contributed by atoms with E-state index in [1.165, 1.54) is 0 Å². The van der Waals surface area contributed by atoms with Gasteiger partial charge in [-0.25, -0.2) is 0 Å². The average molecular weight is 528 g/mol. The number of hydrogen-bond acceptors (Lipinski definition) is 4. The van der Waals surface area contributed by atoms with E-state index in [1.54, 1.807) is 68.6 Å². The van der Waals surface area contributed by atoms with Crippen LogP contribution in [0.4, 0.5) is 5.69 Å². The van der Waals surface area contributed by atoms with Crippen LogP contribution in [0.3, 0.4) is 0 Å². The zero-order valence-corrected chi connectivity index (χ0v) is 22.4. The molecule has 1 aromatic carbocycles. The van der Waals surface area contributed by atoms with Gasteiger partial charge in [0.15, 0.2) is 10.7 Å². The number of allylic oxidation sites excluding steroid dienone is 9. The number of nitrogens with two attached hydrogens (primary N) is 1. The third-order valence-electron chi connectivity index (χ3n) is 4.33. The summed E-state index contributed by atoms with van der Waals surface area (Å²) in [7, 11) is 1.68. The summed E-state index contributed by atoms with van der Waals surface area (Å²) in [5, 5.41) is 0.707. The molecule has 0 spiro atoms. The number of nitrogen functional groups attached to an aromatic ring is 1. The molecule has 0 aliphatic carbocycles. The van der Waals surface area contributed by atoms with Crippen molar-refractivity contribution >= 4 is 57.9 Å². The third-order valence-corrected chi connectivity index (χ3v) is 6.93.